The van der Waals surface area contributed by atoms with Crippen LogP contribution in [0.2, 0.25) is 0 Å². The van der Waals surface area contributed by atoms with Crippen LogP contribution in [0.3, 0.4) is 0 Å². The normalized spacial score (nSPS) is 16.8. The highest BCUT2D eigenvalue weighted by Gasteiger charge is 2.34. The summed E-state index contributed by atoms with van der Waals surface area (Å²) in [5.74, 6) is 0.480. The fraction of sp³-hybridized carbons (Fsp3) is 0.462. The molecule has 1 unspecified atom stereocenters. The van der Waals surface area contributed by atoms with Crippen molar-refractivity contribution in [1.29, 1.82) is 5.26 Å². The molecule has 0 bridgehead atoms. The highest BCUT2D eigenvalue weighted by Crippen LogP contribution is 2.34. The average Bonchev–Trinajstić information content (AvgIpc) is 3.18. The molecule has 19 heavy (non-hydrogen) atoms. The van der Waals surface area contributed by atoms with Crippen molar-refractivity contribution in [3.63, 3.8) is 0 Å². The Morgan fingerprint density at radius 1 is 1.42 bits per heavy atom. The average molecular weight is 269 g/mol. The van der Waals surface area contributed by atoms with E-state index in [4.69, 9.17) is 11.0 Å². The number of rotatable bonds is 4. The fourth-order valence-corrected chi connectivity index (χ4v) is 1.91. The lowest BCUT2D eigenvalue weighted by Gasteiger charge is -2.15. The van der Waals surface area contributed by atoms with Crippen molar-refractivity contribution in [2.24, 2.45) is 11.7 Å². The third-order valence-corrected chi connectivity index (χ3v) is 3.21. The number of alkyl halides is 3. The van der Waals surface area contributed by atoms with Gasteiger partial charge >= 0.3 is 6.18 Å². The van der Waals surface area contributed by atoms with E-state index in [0.29, 0.717) is 18.2 Å². The van der Waals surface area contributed by atoms with Gasteiger partial charge in [0, 0.05) is 18.3 Å². The number of anilines is 1. The molecule has 1 saturated carbocycles. The molecule has 3 N–H and O–H groups in total. The number of nitrogens with one attached hydrogen (secondary N) is 1. The first kappa shape index (κ1) is 13.7. The summed E-state index contributed by atoms with van der Waals surface area (Å²) in [6.45, 7) is 0.438. The van der Waals surface area contributed by atoms with E-state index in [9.17, 15) is 13.2 Å². The number of nitrogens with zero attached hydrogens (tertiary/aromatic N) is 1. The fourth-order valence-electron chi connectivity index (χ4n) is 1.91. The lowest BCUT2D eigenvalue weighted by Crippen LogP contribution is -2.31. The minimum absolute atomic E-state index is 0.0371. The third kappa shape index (κ3) is 3.38. The number of benzene rings is 1. The second-order valence-corrected chi connectivity index (χ2v) is 4.75. The molecule has 1 atom stereocenters. The van der Waals surface area contributed by atoms with Crippen LogP contribution in [0.5, 0.6) is 0 Å². The first-order chi connectivity index (χ1) is 8.91. The molecular weight excluding hydrogens is 255 g/mol. The summed E-state index contributed by atoms with van der Waals surface area (Å²) in [4.78, 5) is 0. The quantitative estimate of drug-likeness (QED) is 0.883. The largest absolute Gasteiger partial charge is 0.417 e. The summed E-state index contributed by atoms with van der Waals surface area (Å²) >= 11 is 0. The highest BCUT2D eigenvalue weighted by atomic mass is 19.4. The molecule has 2 rings (SSSR count). The Morgan fingerprint density at radius 2 is 2.11 bits per heavy atom. The third-order valence-electron chi connectivity index (χ3n) is 3.21. The van der Waals surface area contributed by atoms with Crippen molar-refractivity contribution in [3.8, 4) is 6.07 Å². The van der Waals surface area contributed by atoms with Crippen LogP contribution < -0.4 is 11.1 Å². The van der Waals surface area contributed by atoms with E-state index in [-0.39, 0.29) is 11.6 Å². The van der Waals surface area contributed by atoms with Gasteiger partial charge in [-0.15, -0.1) is 0 Å². The summed E-state index contributed by atoms with van der Waals surface area (Å²) in [5.41, 5.74) is 4.92. The van der Waals surface area contributed by atoms with Crippen molar-refractivity contribution in [2.75, 3.05) is 11.9 Å². The summed E-state index contributed by atoms with van der Waals surface area (Å²) in [6, 6.07) is 5.11. The lowest BCUT2D eigenvalue weighted by molar-refractivity contribution is -0.137. The van der Waals surface area contributed by atoms with E-state index in [0.717, 1.165) is 18.9 Å². The molecule has 6 heteroatoms. The molecular formula is C13H14F3N3. The molecule has 1 aromatic carbocycles. The van der Waals surface area contributed by atoms with E-state index in [1.54, 1.807) is 6.07 Å². The zero-order chi connectivity index (χ0) is 14.0. The maximum Gasteiger partial charge on any atom is 0.417 e. The van der Waals surface area contributed by atoms with E-state index in [1.165, 1.54) is 12.1 Å². The van der Waals surface area contributed by atoms with Crippen molar-refractivity contribution >= 4 is 5.69 Å². The molecule has 0 heterocycles. The van der Waals surface area contributed by atoms with E-state index < -0.39 is 11.7 Å². The molecule has 0 aliphatic heterocycles. The van der Waals surface area contributed by atoms with Gasteiger partial charge in [-0.2, -0.15) is 18.4 Å². The number of hydrogen-bond donors (Lipinski definition) is 2. The van der Waals surface area contributed by atoms with Crippen LogP contribution in [-0.4, -0.2) is 12.6 Å². The van der Waals surface area contributed by atoms with E-state index in [2.05, 4.69) is 5.32 Å². The van der Waals surface area contributed by atoms with Crippen LogP contribution in [-0.2, 0) is 6.18 Å². The van der Waals surface area contributed by atoms with Gasteiger partial charge in [-0.05, 0) is 37.0 Å². The molecule has 0 radical (unpaired) electrons. The molecule has 0 spiro atoms. The van der Waals surface area contributed by atoms with Gasteiger partial charge in [0.15, 0.2) is 0 Å². The minimum atomic E-state index is -4.53. The molecule has 1 aliphatic carbocycles. The Bertz CT molecular complexity index is 501. The second kappa shape index (κ2) is 5.10. The Kier molecular flexibility index (Phi) is 3.67. The maximum absolute atomic E-state index is 12.7. The van der Waals surface area contributed by atoms with E-state index >= 15 is 0 Å². The molecule has 1 fully saturated rings. The van der Waals surface area contributed by atoms with Gasteiger partial charge in [0.25, 0.3) is 0 Å². The Hall–Kier alpha value is -1.74. The molecule has 0 amide bonds. The van der Waals surface area contributed by atoms with Crippen LogP contribution in [0.25, 0.3) is 0 Å². The number of hydrogen-bond acceptors (Lipinski definition) is 3. The van der Waals surface area contributed by atoms with Gasteiger partial charge in [-0.25, -0.2) is 0 Å². The van der Waals surface area contributed by atoms with Gasteiger partial charge in [0.2, 0.25) is 0 Å². The van der Waals surface area contributed by atoms with E-state index in [1.807, 2.05) is 0 Å². The van der Waals surface area contributed by atoms with Crippen LogP contribution in [0.4, 0.5) is 18.9 Å². The van der Waals surface area contributed by atoms with Crippen molar-refractivity contribution in [2.45, 2.75) is 25.1 Å². The lowest BCUT2D eigenvalue weighted by atomic mass is 10.1. The predicted octanol–water partition coefficient (Wildman–Crippen LogP) is 2.73. The SMILES string of the molecule is N#Cc1ccc(NCC(N)C2CC2)cc1C(F)(F)F. The number of nitrogens with two attached hydrogens (primary N) is 1. The molecule has 0 aromatic heterocycles. The summed E-state index contributed by atoms with van der Waals surface area (Å²) in [5, 5.41) is 11.6. The van der Waals surface area contributed by atoms with Crippen LogP contribution in [0, 0.1) is 17.2 Å². The Labute approximate surface area is 109 Å². The van der Waals surface area contributed by atoms with Gasteiger partial charge < -0.3 is 11.1 Å². The standard InChI is InChI=1S/C13H14F3N3/c14-13(15,16)11-5-10(4-3-9(11)6-17)19-7-12(18)8-1-2-8/h3-5,8,12,19H,1-2,7,18H2. The highest BCUT2D eigenvalue weighted by molar-refractivity contribution is 5.53. The zero-order valence-electron chi connectivity index (χ0n) is 10.2. The summed E-state index contributed by atoms with van der Waals surface area (Å²) in [7, 11) is 0. The predicted molar refractivity (Wildman–Crippen MR) is 65.3 cm³/mol. The van der Waals surface area contributed by atoms with Crippen molar-refractivity contribution in [3.05, 3.63) is 29.3 Å². The van der Waals surface area contributed by atoms with Gasteiger partial charge in [0.05, 0.1) is 17.2 Å². The number of nitriles is 1. The van der Waals surface area contributed by atoms with Crippen molar-refractivity contribution in [1.82, 2.24) is 0 Å². The van der Waals surface area contributed by atoms with Crippen LogP contribution >= 0.6 is 0 Å². The minimum Gasteiger partial charge on any atom is -0.383 e. The summed E-state index contributed by atoms with van der Waals surface area (Å²) in [6.07, 6.45) is -2.35. The molecule has 0 saturated heterocycles. The van der Waals surface area contributed by atoms with Crippen LogP contribution in [0.1, 0.15) is 24.0 Å². The summed E-state index contributed by atoms with van der Waals surface area (Å²) < 4.78 is 38.2. The van der Waals surface area contributed by atoms with Crippen molar-refractivity contribution < 1.29 is 13.2 Å². The monoisotopic (exact) mass is 269 g/mol. The first-order valence-corrected chi connectivity index (χ1v) is 6.02. The molecule has 1 aliphatic rings. The first-order valence-electron chi connectivity index (χ1n) is 6.02. The second-order valence-electron chi connectivity index (χ2n) is 4.75. The molecule has 102 valence electrons. The number of halogens is 3. The topological polar surface area (TPSA) is 61.8 Å². The maximum atomic E-state index is 12.7. The zero-order valence-corrected chi connectivity index (χ0v) is 10.2. The molecule has 1 aromatic rings. The smallest absolute Gasteiger partial charge is 0.383 e. The van der Waals surface area contributed by atoms with Crippen LogP contribution in [0.15, 0.2) is 18.2 Å². The van der Waals surface area contributed by atoms with Gasteiger partial charge in [0.1, 0.15) is 0 Å². The van der Waals surface area contributed by atoms with Gasteiger partial charge in [-0.3, -0.25) is 0 Å². The Balaban J connectivity index is 2.11. The van der Waals surface area contributed by atoms with Gasteiger partial charge in [-0.1, -0.05) is 0 Å². The molecule has 3 nitrogen and oxygen atoms in total. The Morgan fingerprint density at radius 3 is 2.63 bits per heavy atom.